The summed E-state index contributed by atoms with van der Waals surface area (Å²) in [6.45, 7) is 6.41. The van der Waals surface area contributed by atoms with Crippen molar-refractivity contribution in [3.8, 4) is 11.4 Å². The molecule has 7 heteroatoms. The Bertz CT molecular complexity index is 589. The van der Waals surface area contributed by atoms with Crippen LogP contribution in [0.15, 0.2) is 18.5 Å². The van der Waals surface area contributed by atoms with E-state index in [4.69, 9.17) is 0 Å². The summed E-state index contributed by atoms with van der Waals surface area (Å²) in [4.78, 5) is 18.0. The lowest BCUT2D eigenvalue weighted by Gasteiger charge is -2.12. The molecule has 3 atom stereocenters. The lowest BCUT2D eigenvalue weighted by Crippen LogP contribution is -2.03. The third kappa shape index (κ3) is 4.37. The largest absolute Gasteiger partial charge is 0.240 e. The highest BCUT2D eigenvalue weighted by atomic mass is 127. The van der Waals surface area contributed by atoms with Crippen molar-refractivity contribution in [1.82, 2.24) is 19.9 Å². The summed E-state index contributed by atoms with van der Waals surface area (Å²) in [5, 5.41) is 0.159. The van der Waals surface area contributed by atoms with E-state index in [0.717, 1.165) is 22.8 Å². The molecule has 3 unspecified atom stereocenters. The molecule has 0 aliphatic heterocycles. The fourth-order valence-corrected chi connectivity index (χ4v) is 2.40. The van der Waals surface area contributed by atoms with E-state index in [0.29, 0.717) is 15.7 Å². The molecule has 0 aromatic carbocycles. The van der Waals surface area contributed by atoms with Gasteiger partial charge >= 0.3 is 0 Å². The molecule has 0 bridgehead atoms. The summed E-state index contributed by atoms with van der Waals surface area (Å²) in [6, 6.07) is 2.09. The zero-order valence-electron chi connectivity index (χ0n) is 12.3. The standard InChI is InChI=1S/C14H19IN4P2/c1-7(2)10-4-11(8(3)15)19-12(18-10)9-5-16-13(14(20)21)17-6-9/h4-8,14H,20-21H2,1-3H3. The summed E-state index contributed by atoms with van der Waals surface area (Å²) in [5.74, 6) is 1.84. The molecule has 112 valence electrons. The third-order valence-electron chi connectivity index (χ3n) is 2.99. The molecule has 4 nitrogen and oxygen atoms in total. The Kier molecular flexibility index (Phi) is 5.98. The zero-order chi connectivity index (χ0) is 15.6. The molecule has 0 N–H and O–H groups in total. The Labute approximate surface area is 143 Å². The van der Waals surface area contributed by atoms with Crippen LogP contribution < -0.4 is 0 Å². The normalized spacial score (nSPS) is 13.0. The molecule has 0 aliphatic rings. The maximum atomic E-state index is 4.66. The van der Waals surface area contributed by atoms with Crippen LogP contribution in [0.3, 0.4) is 0 Å². The second-order valence-corrected chi connectivity index (χ2v) is 9.24. The Morgan fingerprint density at radius 3 is 2.05 bits per heavy atom. The molecule has 2 aromatic heterocycles. The van der Waals surface area contributed by atoms with Crippen molar-refractivity contribution in [2.45, 2.75) is 36.0 Å². The molecular formula is C14H19IN4P2. The number of halogens is 1. The van der Waals surface area contributed by atoms with Gasteiger partial charge in [-0.05, 0) is 18.9 Å². The highest BCUT2D eigenvalue weighted by Crippen LogP contribution is 2.28. The highest BCUT2D eigenvalue weighted by molar-refractivity contribution is 14.1. The van der Waals surface area contributed by atoms with E-state index in [-0.39, 0.29) is 5.40 Å². The van der Waals surface area contributed by atoms with Gasteiger partial charge < -0.3 is 0 Å². The van der Waals surface area contributed by atoms with Gasteiger partial charge in [-0.3, -0.25) is 0 Å². The second-order valence-electron chi connectivity index (χ2n) is 5.17. The number of nitrogens with zero attached hydrogens (tertiary/aromatic N) is 4. The first-order chi connectivity index (χ1) is 9.88. The third-order valence-corrected chi connectivity index (χ3v) is 4.23. The maximum absolute atomic E-state index is 4.66. The number of alkyl halides is 1. The van der Waals surface area contributed by atoms with Gasteiger partial charge in [0.25, 0.3) is 0 Å². The van der Waals surface area contributed by atoms with Crippen molar-refractivity contribution in [3.63, 3.8) is 0 Å². The second kappa shape index (κ2) is 7.34. The first-order valence-corrected chi connectivity index (χ1v) is 9.32. The van der Waals surface area contributed by atoms with Crippen LogP contribution in [0.4, 0.5) is 0 Å². The van der Waals surface area contributed by atoms with Gasteiger partial charge in [-0.1, -0.05) is 36.4 Å². The van der Waals surface area contributed by atoms with Crippen LogP contribution >= 0.6 is 41.1 Å². The van der Waals surface area contributed by atoms with E-state index >= 15 is 0 Å². The smallest absolute Gasteiger partial charge is 0.162 e. The van der Waals surface area contributed by atoms with Crippen LogP contribution in [0.1, 0.15) is 53.2 Å². The van der Waals surface area contributed by atoms with Gasteiger partial charge in [0.2, 0.25) is 0 Å². The van der Waals surface area contributed by atoms with E-state index in [2.05, 4.69) is 87.8 Å². The van der Waals surface area contributed by atoms with E-state index in [1.54, 1.807) is 12.4 Å². The number of hydrogen-bond donors (Lipinski definition) is 0. The number of rotatable bonds is 4. The summed E-state index contributed by atoms with van der Waals surface area (Å²) in [6.07, 6.45) is 3.59. The Balaban J connectivity index is 2.46. The van der Waals surface area contributed by atoms with Gasteiger partial charge in [-0.15, -0.1) is 18.5 Å². The van der Waals surface area contributed by atoms with Gasteiger partial charge in [-0.2, -0.15) is 0 Å². The summed E-state index contributed by atoms with van der Waals surface area (Å²) >= 11 is 2.37. The van der Waals surface area contributed by atoms with Crippen molar-refractivity contribution in [2.24, 2.45) is 0 Å². The van der Waals surface area contributed by atoms with E-state index in [1.807, 2.05) is 0 Å². The van der Waals surface area contributed by atoms with Gasteiger partial charge in [0.05, 0.1) is 15.2 Å². The van der Waals surface area contributed by atoms with Crippen molar-refractivity contribution in [3.05, 3.63) is 35.7 Å². The van der Waals surface area contributed by atoms with Crippen LogP contribution in [-0.2, 0) is 0 Å². The average Bonchev–Trinajstić information content (AvgIpc) is 2.46. The minimum absolute atomic E-state index is 0.159. The van der Waals surface area contributed by atoms with Gasteiger partial charge in [0.15, 0.2) is 5.82 Å². The summed E-state index contributed by atoms with van der Waals surface area (Å²) in [7, 11) is 5.32. The lowest BCUT2D eigenvalue weighted by atomic mass is 10.1. The Hall–Kier alpha value is -0.250. The fourth-order valence-electron chi connectivity index (χ4n) is 1.74. The van der Waals surface area contributed by atoms with E-state index in [9.17, 15) is 0 Å². The van der Waals surface area contributed by atoms with Gasteiger partial charge in [0, 0.05) is 23.5 Å². The van der Waals surface area contributed by atoms with Gasteiger partial charge in [-0.25, -0.2) is 19.9 Å². The molecule has 0 spiro atoms. The summed E-state index contributed by atoms with van der Waals surface area (Å²) < 4.78 is 0.338. The van der Waals surface area contributed by atoms with Gasteiger partial charge in [0.1, 0.15) is 5.82 Å². The zero-order valence-corrected chi connectivity index (χ0v) is 16.8. The minimum Gasteiger partial charge on any atom is -0.240 e. The molecule has 0 saturated heterocycles. The lowest BCUT2D eigenvalue weighted by molar-refractivity contribution is 0.805. The van der Waals surface area contributed by atoms with Crippen LogP contribution in [0, 0.1) is 0 Å². The number of hydrogen-bond acceptors (Lipinski definition) is 4. The van der Waals surface area contributed by atoms with E-state index in [1.165, 1.54) is 0 Å². The molecule has 0 aliphatic carbocycles. The topological polar surface area (TPSA) is 51.6 Å². The maximum Gasteiger partial charge on any atom is 0.162 e. The molecule has 2 heterocycles. The predicted octanol–water partition coefficient (Wildman–Crippen LogP) is 4.30. The molecule has 21 heavy (non-hydrogen) atoms. The highest BCUT2D eigenvalue weighted by Gasteiger charge is 2.13. The molecular weight excluding hydrogens is 413 g/mol. The monoisotopic (exact) mass is 432 g/mol. The molecule has 0 amide bonds. The van der Waals surface area contributed by atoms with Crippen molar-refractivity contribution in [2.75, 3.05) is 0 Å². The average molecular weight is 432 g/mol. The fraction of sp³-hybridized carbons (Fsp3) is 0.429. The predicted molar refractivity (Wildman–Crippen MR) is 102 cm³/mol. The Morgan fingerprint density at radius 1 is 1.00 bits per heavy atom. The summed E-state index contributed by atoms with van der Waals surface area (Å²) in [5.41, 5.74) is 2.95. The van der Waals surface area contributed by atoms with Crippen LogP contribution in [-0.4, -0.2) is 19.9 Å². The van der Waals surface area contributed by atoms with E-state index < -0.39 is 0 Å². The molecule has 0 saturated carbocycles. The first kappa shape index (κ1) is 17.1. The quantitative estimate of drug-likeness (QED) is 0.411. The Morgan fingerprint density at radius 2 is 1.57 bits per heavy atom. The van der Waals surface area contributed by atoms with Crippen LogP contribution in [0.25, 0.3) is 11.4 Å². The SMILES string of the molecule is CC(C)c1cc(C(C)I)nc(-c2cnc(C(P)P)nc2)n1. The molecule has 2 aromatic rings. The van der Waals surface area contributed by atoms with Crippen LogP contribution in [0.5, 0.6) is 0 Å². The molecule has 0 radical (unpaired) electrons. The minimum atomic E-state index is 0.159. The number of aromatic nitrogens is 4. The van der Waals surface area contributed by atoms with Crippen molar-refractivity contribution < 1.29 is 0 Å². The van der Waals surface area contributed by atoms with Crippen LogP contribution in [0.2, 0.25) is 0 Å². The van der Waals surface area contributed by atoms with Crippen molar-refractivity contribution in [1.29, 1.82) is 0 Å². The first-order valence-electron chi connectivity index (χ1n) is 6.75. The van der Waals surface area contributed by atoms with Crippen molar-refractivity contribution >= 4 is 41.1 Å². The molecule has 2 rings (SSSR count). The molecule has 0 fully saturated rings.